The highest BCUT2D eigenvalue weighted by molar-refractivity contribution is 5.79. The van der Waals surface area contributed by atoms with Gasteiger partial charge in [0.05, 0.1) is 6.26 Å². The van der Waals surface area contributed by atoms with Gasteiger partial charge in [-0.2, -0.15) is 0 Å². The first kappa shape index (κ1) is 21.8. The number of unbranched alkanes of at least 4 members (excludes halogenated alkanes) is 1. The molecule has 0 aromatic carbocycles. The topological polar surface area (TPSA) is 62.0 Å². The third-order valence-electron chi connectivity index (χ3n) is 4.82. The number of guanidine groups is 1. The summed E-state index contributed by atoms with van der Waals surface area (Å²) in [7, 11) is 0. The molecule has 1 unspecified atom stereocenters. The molecule has 0 saturated carbocycles. The smallest absolute Gasteiger partial charge is 0.191 e. The van der Waals surface area contributed by atoms with Crippen molar-refractivity contribution < 1.29 is 9.15 Å². The van der Waals surface area contributed by atoms with Crippen molar-refractivity contribution in [2.45, 2.75) is 52.6 Å². The molecule has 2 N–H and O–H groups in total. The second kappa shape index (κ2) is 13.6. The van der Waals surface area contributed by atoms with E-state index in [0.29, 0.717) is 13.2 Å². The molecule has 1 aliphatic rings. The number of nitrogens with one attached hydrogen (secondary N) is 2. The van der Waals surface area contributed by atoms with Gasteiger partial charge in [-0.25, -0.2) is 0 Å². The summed E-state index contributed by atoms with van der Waals surface area (Å²) in [6.07, 6.45) is 7.77. The molecule has 6 heteroatoms. The predicted octanol–water partition coefficient (Wildman–Crippen LogP) is 3.25. The van der Waals surface area contributed by atoms with Crippen LogP contribution in [0.3, 0.4) is 0 Å². The molecule has 6 nitrogen and oxygen atoms in total. The average Bonchev–Trinajstić information content (AvgIpc) is 3.17. The van der Waals surface area contributed by atoms with Gasteiger partial charge in [0.25, 0.3) is 0 Å². The molecule has 0 bridgehead atoms. The highest BCUT2D eigenvalue weighted by Crippen LogP contribution is 2.15. The lowest BCUT2D eigenvalue weighted by atomic mass is 10.0. The third kappa shape index (κ3) is 9.82. The number of hydrogen-bond acceptors (Lipinski definition) is 4. The van der Waals surface area contributed by atoms with Crippen molar-refractivity contribution in [1.82, 2.24) is 15.5 Å². The Morgan fingerprint density at radius 2 is 2.26 bits per heavy atom. The second-order valence-corrected chi connectivity index (χ2v) is 7.43. The largest absolute Gasteiger partial charge is 0.467 e. The lowest BCUT2D eigenvalue weighted by Gasteiger charge is -2.30. The van der Waals surface area contributed by atoms with Crippen LogP contribution in [0.15, 0.2) is 27.8 Å². The van der Waals surface area contributed by atoms with E-state index in [2.05, 4.69) is 34.4 Å². The van der Waals surface area contributed by atoms with Crippen molar-refractivity contribution in [1.29, 1.82) is 0 Å². The van der Waals surface area contributed by atoms with E-state index in [-0.39, 0.29) is 0 Å². The molecule has 154 valence electrons. The van der Waals surface area contributed by atoms with Crippen LogP contribution >= 0.6 is 0 Å². The fourth-order valence-electron chi connectivity index (χ4n) is 3.42. The Balaban J connectivity index is 1.50. The van der Waals surface area contributed by atoms with Crippen LogP contribution in [0.4, 0.5) is 0 Å². The Hall–Kier alpha value is -1.53. The lowest BCUT2D eigenvalue weighted by molar-refractivity contribution is 0.105. The first-order chi connectivity index (χ1) is 13.3. The van der Waals surface area contributed by atoms with Gasteiger partial charge >= 0.3 is 0 Å². The normalized spacial score (nSPS) is 18.6. The van der Waals surface area contributed by atoms with Crippen molar-refractivity contribution in [2.75, 3.05) is 45.9 Å². The molecule has 1 aromatic rings. The van der Waals surface area contributed by atoms with Crippen LogP contribution in [-0.2, 0) is 11.3 Å². The summed E-state index contributed by atoms with van der Waals surface area (Å²) in [5, 5.41) is 6.76. The summed E-state index contributed by atoms with van der Waals surface area (Å²) in [4.78, 5) is 7.25. The number of furan rings is 1. The summed E-state index contributed by atoms with van der Waals surface area (Å²) < 4.78 is 10.8. The predicted molar refractivity (Wildman–Crippen MR) is 111 cm³/mol. The summed E-state index contributed by atoms with van der Waals surface area (Å²) in [5.74, 6) is 2.65. The van der Waals surface area contributed by atoms with Crippen LogP contribution in [0, 0.1) is 5.92 Å². The van der Waals surface area contributed by atoms with E-state index in [0.717, 1.165) is 43.7 Å². The minimum Gasteiger partial charge on any atom is -0.467 e. The fourth-order valence-corrected chi connectivity index (χ4v) is 3.42. The molecule has 1 aliphatic heterocycles. The molecule has 1 saturated heterocycles. The van der Waals surface area contributed by atoms with Gasteiger partial charge in [0.2, 0.25) is 0 Å². The molecular weight excluding hydrogens is 340 g/mol. The van der Waals surface area contributed by atoms with Crippen LogP contribution in [0.1, 0.15) is 51.7 Å². The van der Waals surface area contributed by atoms with Gasteiger partial charge in [-0.3, -0.25) is 4.99 Å². The van der Waals surface area contributed by atoms with Gasteiger partial charge in [0.1, 0.15) is 12.4 Å². The van der Waals surface area contributed by atoms with Crippen molar-refractivity contribution >= 4 is 5.96 Å². The Bertz CT molecular complexity index is 504. The van der Waals surface area contributed by atoms with Gasteiger partial charge in [-0.1, -0.05) is 6.92 Å². The van der Waals surface area contributed by atoms with Crippen molar-refractivity contribution in [3.8, 4) is 0 Å². The number of likely N-dealkylation sites (tertiary alicyclic amines) is 1. The second-order valence-electron chi connectivity index (χ2n) is 7.43. The molecule has 1 fully saturated rings. The maximum absolute atomic E-state index is 5.59. The minimum atomic E-state index is 0.533. The maximum Gasteiger partial charge on any atom is 0.191 e. The molecule has 2 rings (SSSR count). The van der Waals surface area contributed by atoms with Gasteiger partial charge < -0.3 is 24.7 Å². The summed E-state index contributed by atoms with van der Waals surface area (Å²) >= 11 is 0. The molecule has 0 spiro atoms. The number of piperidine rings is 1. The van der Waals surface area contributed by atoms with E-state index in [1.165, 1.54) is 45.3 Å². The minimum absolute atomic E-state index is 0.533. The standard InChI is InChI=1S/C21H38N4O2/c1-3-22-21(24-12-8-15-26-18-20-10-7-16-27-20)23-11-4-5-13-25-14-6-9-19(2)17-25/h7,10,16,19H,3-6,8-9,11-15,17-18H2,1-2H3,(H2,22,23,24). The van der Waals surface area contributed by atoms with Crippen LogP contribution in [-0.4, -0.2) is 56.7 Å². The highest BCUT2D eigenvalue weighted by atomic mass is 16.5. The van der Waals surface area contributed by atoms with Crippen LogP contribution < -0.4 is 10.6 Å². The van der Waals surface area contributed by atoms with Crippen molar-refractivity contribution in [2.24, 2.45) is 10.9 Å². The Kier molecular flexibility index (Phi) is 11.0. The molecule has 2 heterocycles. The Labute approximate surface area is 164 Å². The van der Waals surface area contributed by atoms with E-state index in [9.17, 15) is 0 Å². The molecular formula is C21H38N4O2. The summed E-state index contributed by atoms with van der Waals surface area (Å²) in [6, 6.07) is 3.81. The zero-order valence-electron chi connectivity index (χ0n) is 17.2. The number of hydrogen-bond donors (Lipinski definition) is 2. The number of rotatable bonds is 12. The summed E-state index contributed by atoms with van der Waals surface area (Å²) in [6.45, 7) is 12.1. The van der Waals surface area contributed by atoms with E-state index in [1.54, 1.807) is 6.26 Å². The van der Waals surface area contributed by atoms with E-state index in [4.69, 9.17) is 9.15 Å². The zero-order valence-corrected chi connectivity index (χ0v) is 17.2. The highest BCUT2D eigenvalue weighted by Gasteiger charge is 2.15. The van der Waals surface area contributed by atoms with Crippen LogP contribution in [0.5, 0.6) is 0 Å². The van der Waals surface area contributed by atoms with Crippen LogP contribution in [0.25, 0.3) is 0 Å². The SMILES string of the molecule is CCNC(=NCCCOCc1ccco1)NCCCCN1CCCC(C)C1. The molecule has 1 aromatic heterocycles. The van der Waals surface area contributed by atoms with Gasteiger partial charge in [-0.05, 0) is 70.2 Å². The van der Waals surface area contributed by atoms with Gasteiger partial charge in [0, 0.05) is 32.8 Å². The zero-order chi connectivity index (χ0) is 19.2. The third-order valence-corrected chi connectivity index (χ3v) is 4.82. The van der Waals surface area contributed by atoms with E-state index in [1.807, 2.05) is 12.1 Å². The van der Waals surface area contributed by atoms with Crippen LogP contribution in [0.2, 0.25) is 0 Å². The van der Waals surface area contributed by atoms with Crippen molar-refractivity contribution in [3.05, 3.63) is 24.2 Å². The lowest BCUT2D eigenvalue weighted by Crippen LogP contribution is -2.38. The van der Waals surface area contributed by atoms with Gasteiger partial charge in [-0.15, -0.1) is 0 Å². The average molecular weight is 379 g/mol. The Morgan fingerprint density at radius 1 is 1.33 bits per heavy atom. The molecule has 0 amide bonds. The monoisotopic (exact) mass is 378 g/mol. The first-order valence-corrected chi connectivity index (χ1v) is 10.6. The molecule has 0 aliphatic carbocycles. The van der Waals surface area contributed by atoms with Crippen molar-refractivity contribution in [3.63, 3.8) is 0 Å². The van der Waals surface area contributed by atoms with E-state index >= 15 is 0 Å². The number of ether oxygens (including phenoxy) is 1. The van der Waals surface area contributed by atoms with E-state index < -0.39 is 0 Å². The number of aliphatic imine (C=N–C) groups is 1. The van der Waals surface area contributed by atoms with Gasteiger partial charge in [0.15, 0.2) is 5.96 Å². The first-order valence-electron chi connectivity index (χ1n) is 10.6. The Morgan fingerprint density at radius 3 is 3.04 bits per heavy atom. The molecule has 0 radical (unpaired) electrons. The maximum atomic E-state index is 5.59. The summed E-state index contributed by atoms with van der Waals surface area (Å²) in [5.41, 5.74) is 0. The fraction of sp³-hybridized carbons (Fsp3) is 0.762. The quantitative estimate of drug-likeness (QED) is 0.332. The molecule has 27 heavy (non-hydrogen) atoms. The number of nitrogens with zero attached hydrogens (tertiary/aromatic N) is 2. The molecule has 1 atom stereocenters.